The van der Waals surface area contributed by atoms with Gasteiger partial charge >= 0.3 is 0 Å². The second-order valence-corrected chi connectivity index (χ2v) is 5.79. The molecule has 4 bridgehead atoms. The first-order chi connectivity index (χ1) is 6.01. The Kier molecular flexibility index (Phi) is 1.23. The van der Waals surface area contributed by atoms with E-state index in [1.807, 2.05) is 0 Å². The van der Waals surface area contributed by atoms with E-state index in [2.05, 4.69) is 6.92 Å². The molecule has 2 nitrogen and oxygen atoms in total. The maximum atomic E-state index is 11.8. The van der Waals surface area contributed by atoms with Crippen molar-refractivity contribution in [1.82, 2.24) is 0 Å². The van der Waals surface area contributed by atoms with E-state index in [0.29, 0.717) is 5.92 Å². The minimum atomic E-state index is -0.918. The zero-order chi connectivity index (χ0) is 9.27. The van der Waals surface area contributed by atoms with Crippen molar-refractivity contribution in [2.45, 2.75) is 44.6 Å². The van der Waals surface area contributed by atoms with Crippen LogP contribution in [0, 0.1) is 17.3 Å². The monoisotopic (exact) mass is 180 g/mol. The molecule has 0 amide bonds. The molecule has 4 aliphatic carbocycles. The van der Waals surface area contributed by atoms with Crippen molar-refractivity contribution in [1.29, 1.82) is 0 Å². The van der Waals surface area contributed by atoms with E-state index in [1.165, 1.54) is 6.42 Å². The average Bonchev–Trinajstić information content (AvgIpc) is 1.96. The van der Waals surface area contributed by atoms with Crippen LogP contribution < -0.4 is 0 Å². The summed E-state index contributed by atoms with van der Waals surface area (Å²) in [7, 11) is 0. The fraction of sp³-hybridized carbons (Fsp3) is 0.909. The molecule has 4 aliphatic rings. The molecule has 4 fully saturated rings. The van der Waals surface area contributed by atoms with Crippen molar-refractivity contribution in [3.63, 3.8) is 0 Å². The van der Waals surface area contributed by atoms with Gasteiger partial charge in [-0.25, -0.2) is 0 Å². The standard InChI is InChI=1S/C11H16O2/c1-10-3-7-2-8(5-10)9(12)11(13,4-7)6-10/h7-8,13H,2-6H2,1H3. The van der Waals surface area contributed by atoms with Gasteiger partial charge in [0.15, 0.2) is 5.78 Å². The van der Waals surface area contributed by atoms with E-state index < -0.39 is 5.60 Å². The number of hydrogen-bond acceptors (Lipinski definition) is 2. The summed E-state index contributed by atoms with van der Waals surface area (Å²) in [5, 5.41) is 10.2. The maximum absolute atomic E-state index is 11.8. The number of carbonyl (C=O) groups excluding carboxylic acids is 1. The normalized spacial score (nSPS) is 58.8. The molecule has 0 saturated heterocycles. The molecule has 2 heteroatoms. The summed E-state index contributed by atoms with van der Waals surface area (Å²) in [5.74, 6) is 0.970. The van der Waals surface area contributed by atoms with Crippen molar-refractivity contribution in [2.75, 3.05) is 0 Å². The molecule has 4 saturated carbocycles. The highest BCUT2D eigenvalue weighted by molar-refractivity contribution is 5.91. The first-order valence-electron chi connectivity index (χ1n) is 5.28. The number of carbonyl (C=O) groups is 1. The summed E-state index contributed by atoms with van der Waals surface area (Å²) >= 11 is 0. The van der Waals surface area contributed by atoms with E-state index in [0.717, 1.165) is 25.7 Å². The van der Waals surface area contributed by atoms with Gasteiger partial charge in [-0.2, -0.15) is 0 Å². The van der Waals surface area contributed by atoms with E-state index in [-0.39, 0.29) is 17.1 Å². The SMILES string of the molecule is CC12CC3CC(C1)C(=O)C(O)(C3)C2. The largest absolute Gasteiger partial charge is 0.382 e. The smallest absolute Gasteiger partial charge is 0.167 e. The number of aliphatic hydroxyl groups is 1. The van der Waals surface area contributed by atoms with Crippen molar-refractivity contribution < 1.29 is 9.90 Å². The van der Waals surface area contributed by atoms with Gasteiger partial charge in [-0.1, -0.05) is 6.92 Å². The molecule has 4 unspecified atom stereocenters. The predicted molar refractivity (Wildman–Crippen MR) is 48.1 cm³/mol. The zero-order valence-electron chi connectivity index (χ0n) is 8.05. The van der Waals surface area contributed by atoms with Gasteiger partial charge in [0.2, 0.25) is 0 Å². The molecule has 0 heterocycles. The Morgan fingerprint density at radius 2 is 2.15 bits per heavy atom. The highest BCUT2D eigenvalue weighted by Gasteiger charge is 2.60. The second kappa shape index (κ2) is 2.00. The number of hydrogen-bond donors (Lipinski definition) is 1. The lowest BCUT2D eigenvalue weighted by atomic mass is 9.48. The molecule has 13 heavy (non-hydrogen) atoms. The van der Waals surface area contributed by atoms with Crippen LogP contribution in [-0.2, 0) is 4.79 Å². The van der Waals surface area contributed by atoms with E-state index in [9.17, 15) is 9.90 Å². The van der Waals surface area contributed by atoms with Crippen molar-refractivity contribution >= 4 is 5.78 Å². The lowest BCUT2D eigenvalue weighted by Crippen LogP contribution is -2.61. The van der Waals surface area contributed by atoms with Gasteiger partial charge in [0.1, 0.15) is 5.60 Å². The maximum Gasteiger partial charge on any atom is 0.167 e. The molecular formula is C11H16O2. The Labute approximate surface area is 78.3 Å². The van der Waals surface area contributed by atoms with Crippen LogP contribution in [0.25, 0.3) is 0 Å². The summed E-state index contributed by atoms with van der Waals surface area (Å²) in [4.78, 5) is 11.8. The Hall–Kier alpha value is -0.370. The van der Waals surface area contributed by atoms with Crippen LogP contribution in [0.4, 0.5) is 0 Å². The van der Waals surface area contributed by atoms with Crippen LogP contribution in [0.2, 0.25) is 0 Å². The summed E-state index contributed by atoms with van der Waals surface area (Å²) in [6.07, 6.45) is 4.80. The summed E-state index contributed by atoms with van der Waals surface area (Å²) in [6, 6.07) is 0. The molecule has 4 atom stereocenters. The van der Waals surface area contributed by atoms with Crippen LogP contribution in [0.15, 0.2) is 0 Å². The van der Waals surface area contributed by atoms with Gasteiger partial charge in [0.25, 0.3) is 0 Å². The van der Waals surface area contributed by atoms with Crippen molar-refractivity contribution in [3.05, 3.63) is 0 Å². The Bertz CT molecular complexity index is 286. The highest BCUT2D eigenvalue weighted by atomic mass is 16.3. The third kappa shape index (κ3) is 0.899. The third-order valence-corrected chi connectivity index (χ3v) is 4.31. The first-order valence-corrected chi connectivity index (χ1v) is 5.28. The van der Waals surface area contributed by atoms with Crippen molar-refractivity contribution in [3.8, 4) is 0 Å². The average molecular weight is 180 g/mol. The van der Waals surface area contributed by atoms with Gasteiger partial charge in [0, 0.05) is 5.92 Å². The molecule has 0 aromatic carbocycles. The quantitative estimate of drug-likeness (QED) is 0.613. The lowest BCUT2D eigenvalue weighted by Gasteiger charge is -2.57. The van der Waals surface area contributed by atoms with E-state index in [1.54, 1.807) is 0 Å². The fourth-order valence-corrected chi connectivity index (χ4v) is 4.27. The van der Waals surface area contributed by atoms with Gasteiger partial charge in [-0.3, -0.25) is 4.79 Å². The van der Waals surface area contributed by atoms with Crippen LogP contribution in [-0.4, -0.2) is 16.5 Å². The molecule has 4 rings (SSSR count). The molecule has 0 radical (unpaired) electrons. The van der Waals surface area contributed by atoms with Crippen LogP contribution in [0.5, 0.6) is 0 Å². The summed E-state index contributed by atoms with van der Waals surface area (Å²) in [6.45, 7) is 2.24. The van der Waals surface area contributed by atoms with Crippen LogP contribution in [0.1, 0.15) is 39.0 Å². The van der Waals surface area contributed by atoms with Gasteiger partial charge in [-0.05, 0) is 43.4 Å². The molecule has 72 valence electrons. The predicted octanol–water partition coefficient (Wildman–Crippen LogP) is 1.52. The minimum Gasteiger partial charge on any atom is -0.382 e. The zero-order valence-corrected chi connectivity index (χ0v) is 8.05. The van der Waals surface area contributed by atoms with Crippen LogP contribution in [0.3, 0.4) is 0 Å². The fourth-order valence-electron chi connectivity index (χ4n) is 4.27. The summed E-state index contributed by atoms with van der Waals surface area (Å²) in [5.41, 5.74) is -0.646. The van der Waals surface area contributed by atoms with E-state index in [4.69, 9.17) is 0 Å². The second-order valence-electron chi connectivity index (χ2n) is 5.79. The topological polar surface area (TPSA) is 37.3 Å². The lowest BCUT2D eigenvalue weighted by molar-refractivity contribution is -0.180. The molecule has 0 aromatic heterocycles. The van der Waals surface area contributed by atoms with Gasteiger partial charge < -0.3 is 5.11 Å². The Morgan fingerprint density at radius 3 is 2.77 bits per heavy atom. The molecule has 0 spiro atoms. The number of Topliss-reactive ketones (excluding diaryl/α,β-unsaturated/α-hetero) is 1. The third-order valence-electron chi connectivity index (χ3n) is 4.31. The first kappa shape index (κ1) is 7.98. The van der Waals surface area contributed by atoms with Crippen molar-refractivity contribution in [2.24, 2.45) is 17.3 Å². The highest BCUT2D eigenvalue weighted by Crippen LogP contribution is 2.59. The van der Waals surface area contributed by atoms with Gasteiger partial charge in [-0.15, -0.1) is 0 Å². The molecule has 1 N–H and O–H groups in total. The summed E-state index contributed by atoms with van der Waals surface area (Å²) < 4.78 is 0. The number of ketones is 1. The molecule has 0 aliphatic heterocycles. The Balaban J connectivity index is 2.06. The molecule has 0 aromatic rings. The van der Waals surface area contributed by atoms with Gasteiger partial charge in [0.05, 0.1) is 0 Å². The molecular weight excluding hydrogens is 164 g/mol. The van der Waals surface area contributed by atoms with Crippen LogP contribution >= 0.6 is 0 Å². The Morgan fingerprint density at radius 1 is 1.38 bits per heavy atom. The minimum absolute atomic E-state index is 0.154. The number of rotatable bonds is 0. The van der Waals surface area contributed by atoms with E-state index >= 15 is 0 Å².